The Morgan fingerprint density at radius 3 is 1.54 bits per heavy atom. The highest BCUT2D eigenvalue weighted by atomic mass is 16.5. The zero-order valence-electron chi connectivity index (χ0n) is 34.0. The Hall–Kier alpha value is -1.87. The van der Waals surface area contributed by atoms with Crippen LogP contribution in [-0.4, -0.2) is 18.1 Å². The van der Waals surface area contributed by atoms with Gasteiger partial charge < -0.3 is 4.74 Å². The van der Waals surface area contributed by atoms with E-state index in [9.17, 15) is 0 Å². The zero-order valence-corrected chi connectivity index (χ0v) is 34.0. The number of aryl methyl sites for hydroxylation is 1. The molecule has 0 N–H and O–H groups in total. The molecule has 0 spiro atoms. The molecule has 1 aromatic heterocycles. The van der Waals surface area contributed by atoms with Gasteiger partial charge in [-0.3, -0.25) is 4.90 Å². The second kappa shape index (κ2) is 31.8. The van der Waals surface area contributed by atoms with Crippen molar-refractivity contribution in [3.8, 4) is 5.75 Å². The van der Waals surface area contributed by atoms with Gasteiger partial charge in [-0.05, 0) is 49.6 Å². The van der Waals surface area contributed by atoms with Gasteiger partial charge in [0.05, 0.1) is 6.61 Å². The summed E-state index contributed by atoms with van der Waals surface area (Å²) in [6.45, 7) is 14.2. The summed E-state index contributed by atoms with van der Waals surface area (Å²) in [4.78, 5) is 2.68. The number of rotatable bonds is 35. The lowest BCUT2D eigenvalue weighted by atomic mass is 10.0. The average Bonchev–Trinajstić information content (AvgIpc) is 3.12. The highest BCUT2D eigenvalue weighted by Crippen LogP contribution is 2.24. The van der Waals surface area contributed by atoms with Crippen molar-refractivity contribution in [3.63, 3.8) is 0 Å². The number of nitrogens with zero attached hydrogens (tertiary/aromatic N) is 2. The molecule has 3 heteroatoms. The molecule has 1 aromatic carbocycles. The lowest BCUT2D eigenvalue weighted by Gasteiger charge is -2.24. The second-order valence-electron chi connectivity index (χ2n) is 15.5. The molecule has 286 valence electrons. The van der Waals surface area contributed by atoms with E-state index < -0.39 is 0 Å². The van der Waals surface area contributed by atoms with E-state index in [1.165, 1.54) is 184 Å². The molecule has 0 saturated heterocycles. The second-order valence-corrected chi connectivity index (χ2v) is 15.5. The Labute approximate surface area is 312 Å². The minimum Gasteiger partial charge on any atom is -0.493 e. The minimum atomic E-state index is 0.839. The minimum absolute atomic E-state index is 0.839. The van der Waals surface area contributed by atoms with Crippen LogP contribution in [0.25, 0.3) is 0 Å². The van der Waals surface area contributed by atoms with Crippen LogP contribution in [0.1, 0.15) is 211 Å². The number of ether oxygens (including phenoxy) is 1. The van der Waals surface area contributed by atoms with Crippen molar-refractivity contribution < 1.29 is 9.30 Å². The van der Waals surface area contributed by atoms with E-state index >= 15 is 0 Å². The third-order valence-corrected chi connectivity index (χ3v) is 10.7. The van der Waals surface area contributed by atoms with E-state index in [-0.39, 0.29) is 0 Å². The van der Waals surface area contributed by atoms with Crippen LogP contribution in [-0.2, 0) is 19.6 Å². The van der Waals surface area contributed by atoms with Crippen LogP contribution in [0.15, 0.2) is 42.7 Å². The maximum Gasteiger partial charge on any atom is 0.173 e. The van der Waals surface area contributed by atoms with Crippen LogP contribution < -0.4 is 9.30 Å². The molecule has 50 heavy (non-hydrogen) atoms. The van der Waals surface area contributed by atoms with E-state index in [4.69, 9.17) is 4.74 Å². The summed E-state index contributed by atoms with van der Waals surface area (Å²) in [5, 5.41) is 0. The zero-order chi connectivity index (χ0) is 35.7. The molecule has 0 atom stereocenters. The number of hydrogen-bond donors (Lipinski definition) is 0. The highest BCUT2D eigenvalue weighted by molar-refractivity contribution is 5.39. The van der Waals surface area contributed by atoms with Gasteiger partial charge in [-0.1, -0.05) is 187 Å². The topological polar surface area (TPSA) is 16.4 Å². The molecular formula is C47H83N2O+. The first-order chi connectivity index (χ1) is 24.7. The van der Waals surface area contributed by atoms with Gasteiger partial charge in [0.25, 0.3) is 0 Å². The molecule has 0 unspecified atom stereocenters. The Morgan fingerprint density at radius 1 is 0.520 bits per heavy atom. The molecule has 0 aliphatic rings. The van der Waals surface area contributed by atoms with E-state index in [0.717, 1.165) is 45.0 Å². The van der Waals surface area contributed by atoms with Gasteiger partial charge in [-0.15, -0.1) is 0 Å². The Balaban J connectivity index is 1.73. The number of unbranched alkanes of at least 4 members (excludes halogenated alkanes) is 24. The number of pyridine rings is 1. The summed E-state index contributed by atoms with van der Waals surface area (Å²) < 4.78 is 8.73. The number of hydrogen-bond acceptors (Lipinski definition) is 2. The van der Waals surface area contributed by atoms with Gasteiger partial charge in [0.2, 0.25) is 0 Å². The van der Waals surface area contributed by atoms with Crippen molar-refractivity contribution in [2.75, 3.05) is 13.2 Å². The van der Waals surface area contributed by atoms with E-state index in [1.807, 2.05) is 0 Å². The SMILES string of the molecule is CCCCCCCCCCCCCCCCN(Cc1ccc[n+](CCC)c1)Cc1cccc(OCCCCCCCCCCCCCC)c1C. The molecule has 0 saturated carbocycles. The molecule has 3 nitrogen and oxygen atoms in total. The quantitative estimate of drug-likeness (QED) is 0.0528. The van der Waals surface area contributed by atoms with Crippen LogP contribution in [0.3, 0.4) is 0 Å². The van der Waals surface area contributed by atoms with Crippen molar-refractivity contribution in [2.24, 2.45) is 0 Å². The lowest BCUT2D eigenvalue weighted by Crippen LogP contribution is -2.34. The first-order valence-corrected chi connectivity index (χ1v) is 22.1. The monoisotopic (exact) mass is 692 g/mol. The smallest absolute Gasteiger partial charge is 0.173 e. The van der Waals surface area contributed by atoms with E-state index in [0.29, 0.717) is 0 Å². The lowest BCUT2D eigenvalue weighted by molar-refractivity contribution is -0.697. The summed E-state index contributed by atoms with van der Waals surface area (Å²) in [5.74, 6) is 1.09. The molecule has 0 bridgehead atoms. The molecule has 0 radical (unpaired) electrons. The van der Waals surface area contributed by atoms with Gasteiger partial charge in [-0.2, -0.15) is 0 Å². The maximum atomic E-state index is 6.38. The van der Waals surface area contributed by atoms with Crippen molar-refractivity contribution in [3.05, 3.63) is 59.4 Å². The molecule has 1 heterocycles. The summed E-state index contributed by atoms with van der Waals surface area (Å²) in [6.07, 6.45) is 42.0. The first-order valence-electron chi connectivity index (χ1n) is 22.1. The number of benzene rings is 1. The molecule has 2 aromatic rings. The first kappa shape index (κ1) is 44.3. The largest absolute Gasteiger partial charge is 0.493 e. The molecular weight excluding hydrogens is 609 g/mol. The van der Waals surface area contributed by atoms with E-state index in [1.54, 1.807) is 0 Å². The fourth-order valence-corrected chi connectivity index (χ4v) is 7.42. The fourth-order valence-electron chi connectivity index (χ4n) is 7.42. The molecule has 2 rings (SSSR count). The van der Waals surface area contributed by atoms with Gasteiger partial charge >= 0.3 is 0 Å². The van der Waals surface area contributed by atoms with E-state index in [2.05, 4.69) is 79.9 Å². The van der Waals surface area contributed by atoms with Gasteiger partial charge in [0, 0.05) is 31.1 Å². The third kappa shape index (κ3) is 22.8. The summed E-state index contributed by atoms with van der Waals surface area (Å²) in [7, 11) is 0. The third-order valence-electron chi connectivity index (χ3n) is 10.7. The molecule has 0 aliphatic heterocycles. The standard InChI is InChI=1S/C47H83N2O/c1-5-8-10-12-14-16-18-20-21-22-24-26-28-30-38-49(42-45-34-33-39-48(41-45)37-7-3)43-46-35-32-36-47(44(46)4)50-40-31-29-27-25-23-19-17-15-13-11-9-6-2/h32-36,39,41H,5-31,37-38,40,42-43H2,1-4H3/q+1. The van der Waals surface area contributed by atoms with Gasteiger partial charge in [0.15, 0.2) is 12.4 Å². The predicted molar refractivity (Wildman–Crippen MR) is 219 cm³/mol. The van der Waals surface area contributed by atoms with Crippen molar-refractivity contribution in [2.45, 2.75) is 221 Å². The maximum absolute atomic E-state index is 6.38. The van der Waals surface area contributed by atoms with Crippen LogP contribution >= 0.6 is 0 Å². The van der Waals surface area contributed by atoms with Crippen LogP contribution in [0, 0.1) is 6.92 Å². The summed E-state index contributed by atoms with van der Waals surface area (Å²) in [6, 6.07) is 11.3. The van der Waals surface area contributed by atoms with Gasteiger partial charge in [0.1, 0.15) is 12.3 Å². The molecule has 0 fully saturated rings. The highest BCUT2D eigenvalue weighted by Gasteiger charge is 2.13. The van der Waals surface area contributed by atoms with Gasteiger partial charge in [-0.25, -0.2) is 4.57 Å². The Kier molecular flexibility index (Phi) is 28.2. The average molecular weight is 692 g/mol. The summed E-state index contributed by atoms with van der Waals surface area (Å²) in [5.41, 5.74) is 4.16. The van der Waals surface area contributed by atoms with Crippen molar-refractivity contribution in [1.29, 1.82) is 0 Å². The van der Waals surface area contributed by atoms with Crippen LogP contribution in [0.4, 0.5) is 0 Å². The molecule has 0 amide bonds. The molecule has 0 aliphatic carbocycles. The van der Waals surface area contributed by atoms with Crippen LogP contribution in [0.2, 0.25) is 0 Å². The van der Waals surface area contributed by atoms with Crippen molar-refractivity contribution >= 4 is 0 Å². The predicted octanol–water partition coefficient (Wildman–Crippen LogP) is 14.3. The number of aromatic nitrogens is 1. The normalized spacial score (nSPS) is 11.5. The Morgan fingerprint density at radius 2 is 1.02 bits per heavy atom. The van der Waals surface area contributed by atoms with Crippen molar-refractivity contribution in [1.82, 2.24) is 4.90 Å². The van der Waals surface area contributed by atoms with Crippen LogP contribution in [0.5, 0.6) is 5.75 Å². The fraction of sp³-hybridized carbons (Fsp3) is 0.766. The summed E-state index contributed by atoms with van der Waals surface area (Å²) >= 11 is 0. The Bertz CT molecular complexity index is 1040.